The van der Waals surface area contributed by atoms with Gasteiger partial charge in [0.25, 0.3) is 5.91 Å². The molecule has 0 aromatic heterocycles. The Hall–Kier alpha value is -2.24. The van der Waals surface area contributed by atoms with E-state index in [1.54, 1.807) is 38.3 Å². The summed E-state index contributed by atoms with van der Waals surface area (Å²) in [5.41, 5.74) is -0.488. The number of methoxy groups -OCH3 is 1. The average molecular weight is 259 g/mol. The summed E-state index contributed by atoms with van der Waals surface area (Å²) in [5.74, 6) is -0.340. The first-order valence-electron chi connectivity index (χ1n) is 5.99. The molecule has 2 aliphatic rings. The van der Waals surface area contributed by atoms with Gasteiger partial charge in [0.1, 0.15) is 5.75 Å². The van der Waals surface area contributed by atoms with E-state index in [-0.39, 0.29) is 18.4 Å². The van der Waals surface area contributed by atoms with Gasteiger partial charge in [-0.2, -0.15) is 10.2 Å². The Kier molecular flexibility index (Phi) is 2.41. The van der Waals surface area contributed by atoms with Crippen LogP contribution in [0.1, 0.15) is 6.92 Å². The van der Waals surface area contributed by atoms with Crippen LogP contribution in [0, 0.1) is 5.92 Å². The lowest BCUT2D eigenvalue weighted by Crippen LogP contribution is -2.37. The van der Waals surface area contributed by atoms with Crippen molar-refractivity contribution in [3.05, 3.63) is 24.3 Å². The molecule has 0 unspecified atom stereocenters. The molecular weight excluding hydrogens is 246 g/mol. The SMILES string of the molecule is COc1ccc(N2C(=O)[C@@H]3CN=N[C@@]3(C)C2=O)cc1. The number of azo groups is 1. The Morgan fingerprint density at radius 2 is 2.00 bits per heavy atom. The number of anilines is 1. The lowest BCUT2D eigenvalue weighted by atomic mass is 9.90. The highest BCUT2D eigenvalue weighted by Crippen LogP contribution is 2.40. The second kappa shape index (κ2) is 3.88. The molecule has 1 saturated heterocycles. The fraction of sp³-hybridized carbons (Fsp3) is 0.385. The summed E-state index contributed by atoms with van der Waals surface area (Å²) >= 11 is 0. The van der Waals surface area contributed by atoms with Gasteiger partial charge in [-0.15, -0.1) is 0 Å². The monoisotopic (exact) mass is 259 g/mol. The van der Waals surface area contributed by atoms with Gasteiger partial charge in [0, 0.05) is 0 Å². The Bertz CT molecular complexity index is 581. The van der Waals surface area contributed by atoms with Crippen molar-refractivity contribution >= 4 is 17.5 Å². The maximum absolute atomic E-state index is 12.4. The zero-order chi connectivity index (χ0) is 13.6. The molecule has 6 heteroatoms. The summed E-state index contributed by atoms with van der Waals surface area (Å²) < 4.78 is 5.06. The fourth-order valence-electron chi connectivity index (χ4n) is 2.49. The third-order valence-corrected chi connectivity index (χ3v) is 3.71. The molecule has 0 radical (unpaired) electrons. The van der Waals surface area contributed by atoms with Crippen LogP contribution in [0.15, 0.2) is 34.5 Å². The first-order chi connectivity index (χ1) is 9.08. The van der Waals surface area contributed by atoms with Gasteiger partial charge in [-0.25, -0.2) is 4.90 Å². The summed E-state index contributed by atoms with van der Waals surface area (Å²) in [7, 11) is 1.56. The van der Waals surface area contributed by atoms with Crippen LogP contribution in [0.5, 0.6) is 5.75 Å². The number of fused-ring (bicyclic) bond motifs is 1. The van der Waals surface area contributed by atoms with Gasteiger partial charge in [-0.3, -0.25) is 9.59 Å². The third kappa shape index (κ3) is 1.49. The molecule has 2 amide bonds. The van der Waals surface area contributed by atoms with Crippen LogP contribution in [-0.2, 0) is 9.59 Å². The third-order valence-electron chi connectivity index (χ3n) is 3.71. The zero-order valence-electron chi connectivity index (χ0n) is 10.7. The highest BCUT2D eigenvalue weighted by molar-refractivity contribution is 6.25. The molecule has 0 N–H and O–H groups in total. The van der Waals surface area contributed by atoms with Crippen molar-refractivity contribution in [2.24, 2.45) is 16.1 Å². The average Bonchev–Trinajstić information content (AvgIpc) is 2.89. The normalized spacial score (nSPS) is 28.9. The lowest BCUT2D eigenvalue weighted by molar-refractivity contribution is -0.122. The van der Waals surface area contributed by atoms with E-state index in [2.05, 4.69) is 10.2 Å². The molecule has 1 aromatic carbocycles. The van der Waals surface area contributed by atoms with Crippen LogP contribution < -0.4 is 9.64 Å². The molecule has 0 aliphatic carbocycles. The van der Waals surface area contributed by atoms with Gasteiger partial charge in [0.05, 0.1) is 25.3 Å². The van der Waals surface area contributed by atoms with Crippen molar-refractivity contribution in [1.29, 1.82) is 0 Å². The maximum atomic E-state index is 12.4. The number of carbonyl (C=O) groups excluding carboxylic acids is 2. The van der Waals surface area contributed by atoms with Crippen molar-refractivity contribution in [2.45, 2.75) is 12.5 Å². The summed E-state index contributed by atoms with van der Waals surface area (Å²) in [6.07, 6.45) is 0. The van der Waals surface area contributed by atoms with Gasteiger partial charge in [-0.1, -0.05) is 0 Å². The Morgan fingerprint density at radius 3 is 2.58 bits per heavy atom. The molecule has 2 aliphatic heterocycles. The molecule has 6 nitrogen and oxygen atoms in total. The molecule has 3 rings (SSSR count). The molecule has 98 valence electrons. The van der Waals surface area contributed by atoms with Crippen LogP contribution in [-0.4, -0.2) is 31.0 Å². The van der Waals surface area contributed by atoms with E-state index in [1.165, 1.54) is 4.90 Å². The van der Waals surface area contributed by atoms with Crippen LogP contribution in [0.25, 0.3) is 0 Å². The largest absolute Gasteiger partial charge is 0.497 e. The van der Waals surface area contributed by atoms with Crippen molar-refractivity contribution in [2.75, 3.05) is 18.6 Å². The molecule has 0 saturated carbocycles. The van der Waals surface area contributed by atoms with Crippen molar-refractivity contribution in [3.63, 3.8) is 0 Å². The summed E-state index contributed by atoms with van der Waals surface area (Å²) in [5, 5.41) is 7.79. The lowest BCUT2D eigenvalue weighted by Gasteiger charge is -2.17. The molecule has 0 bridgehead atoms. The standard InChI is InChI=1S/C13H13N3O3/c1-13-10(7-14-15-13)11(17)16(12(13)18)8-3-5-9(19-2)6-4-8/h3-6,10H,7H2,1-2H3/t10-,13+/m0/s1. The second-order valence-electron chi connectivity index (χ2n) is 4.80. The van der Waals surface area contributed by atoms with E-state index in [1.807, 2.05) is 0 Å². The zero-order valence-corrected chi connectivity index (χ0v) is 10.7. The van der Waals surface area contributed by atoms with Crippen LogP contribution in [0.2, 0.25) is 0 Å². The topological polar surface area (TPSA) is 71.3 Å². The first-order valence-corrected chi connectivity index (χ1v) is 5.99. The molecule has 2 heterocycles. The van der Waals surface area contributed by atoms with E-state index in [9.17, 15) is 9.59 Å². The van der Waals surface area contributed by atoms with Gasteiger partial charge < -0.3 is 4.74 Å². The summed E-state index contributed by atoms with van der Waals surface area (Å²) in [6, 6.07) is 6.81. The number of rotatable bonds is 2. The summed E-state index contributed by atoms with van der Waals surface area (Å²) in [4.78, 5) is 25.9. The van der Waals surface area contributed by atoms with Crippen LogP contribution >= 0.6 is 0 Å². The predicted octanol–water partition coefficient (Wildman–Crippen LogP) is 1.41. The molecule has 2 atom stereocenters. The fourth-order valence-corrected chi connectivity index (χ4v) is 2.49. The number of imide groups is 1. The minimum atomic E-state index is -1.03. The van der Waals surface area contributed by atoms with E-state index < -0.39 is 11.5 Å². The maximum Gasteiger partial charge on any atom is 0.264 e. The smallest absolute Gasteiger partial charge is 0.264 e. The first kappa shape index (κ1) is 11.8. The van der Waals surface area contributed by atoms with E-state index in [4.69, 9.17) is 4.74 Å². The number of carbonyl (C=O) groups is 2. The minimum absolute atomic E-state index is 0.234. The highest BCUT2D eigenvalue weighted by atomic mass is 16.5. The Labute approximate surface area is 110 Å². The number of amides is 2. The molecule has 1 fully saturated rings. The van der Waals surface area contributed by atoms with E-state index in [0.29, 0.717) is 11.4 Å². The highest BCUT2D eigenvalue weighted by Gasteiger charge is 2.59. The van der Waals surface area contributed by atoms with E-state index in [0.717, 1.165) is 0 Å². The quantitative estimate of drug-likeness (QED) is 0.754. The predicted molar refractivity (Wildman–Crippen MR) is 67.1 cm³/mol. The van der Waals surface area contributed by atoms with Gasteiger partial charge in [0.2, 0.25) is 5.91 Å². The number of ether oxygens (including phenoxy) is 1. The molecule has 19 heavy (non-hydrogen) atoms. The van der Waals surface area contributed by atoms with Gasteiger partial charge >= 0.3 is 0 Å². The molecule has 0 spiro atoms. The number of benzene rings is 1. The summed E-state index contributed by atoms with van der Waals surface area (Å²) in [6.45, 7) is 1.95. The Morgan fingerprint density at radius 1 is 1.32 bits per heavy atom. The van der Waals surface area contributed by atoms with Crippen LogP contribution in [0.3, 0.4) is 0 Å². The minimum Gasteiger partial charge on any atom is -0.497 e. The van der Waals surface area contributed by atoms with E-state index >= 15 is 0 Å². The Balaban J connectivity index is 1.99. The number of hydrogen-bond donors (Lipinski definition) is 0. The van der Waals surface area contributed by atoms with Crippen molar-refractivity contribution in [1.82, 2.24) is 0 Å². The van der Waals surface area contributed by atoms with Crippen molar-refractivity contribution in [3.8, 4) is 5.75 Å². The number of nitrogens with zero attached hydrogens (tertiary/aromatic N) is 3. The molecule has 1 aromatic rings. The van der Waals surface area contributed by atoms with Crippen LogP contribution in [0.4, 0.5) is 5.69 Å². The van der Waals surface area contributed by atoms with Crippen molar-refractivity contribution < 1.29 is 14.3 Å². The molecular formula is C13H13N3O3. The van der Waals surface area contributed by atoms with Gasteiger partial charge in [0.15, 0.2) is 5.54 Å². The number of hydrogen-bond acceptors (Lipinski definition) is 5. The second-order valence-corrected chi connectivity index (χ2v) is 4.80. The van der Waals surface area contributed by atoms with Gasteiger partial charge in [-0.05, 0) is 31.2 Å².